The Morgan fingerprint density at radius 1 is 0.947 bits per heavy atom. The molecule has 2 aromatic carbocycles. The number of hydrogen-bond acceptors (Lipinski definition) is 3. The van der Waals surface area contributed by atoms with Gasteiger partial charge in [-0.3, -0.25) is 4.99 Å². The van der Waals surface area contributed by atoms with Gasteiger partial charge >= 0.3 is 0 Å². The van der Waals surface area contributed by atoms with Crippen molar-refractivity contribution in [3.8, 4) is 11.5 Å². The minimum atomic E-state index is 0.145. The Balaban J connectivity index is 2.38. The number of phenolic OH excluding ortho intramolecular Hbond substituents is 2. The third-order valence-corrected chi connectivity index (χ3v) is 3.20. The summed E-state index contributed by atoms with van der Waals surface area (Å²) in [4.78, 5) is 4.24. The summed E-state index contributed by atoms with van der Waals surface area (Å²) in [6.45, 7) is 5.74. The van der Waals surface area contributed by atoms with Gasteiger partial charge in [0, 0.05) is 11.8 Å². The van der Waals surface area contributed by atoms with E-state index in [4.69, 9.17) is 0 Å². The highest BCUT2D eigenvalue weighted by molar-refractivity contribution is 5.86. The number of nitrogens with zero attached hydrogens (tertiary/aromatic N) is 1. The van der Waals surface area contributed by atoms with Crippen LogP contribution in [0.1, 0.15) is 22.3 Å². The van der Waals surface area contributed by atoms with Crippen molar-refractivity contribution in [3.05, 3.63) is 52.6 Å². The highest BCUT2D eigenvalue weighted by Gasteiger charge is 2.04. The smallest absolute Gasteiger partial charge is 0.141 e. The van der Waals surface area contributed by atoms with Crippen LogP contribution in [0, 0.1) is 20.8 Å². The van der Waals surface area contributed by atoms with Gasteiger partial charge in [0.25, 0.3) is 0 Å². The van der Waals surface area contributed by atoms with Gasteiger partial charge in [-0.2, -0.15) is 0 Å². The van der Waals surface area contributed by atoms with Crippen LogP contribution in [0.25, 0.3) is 0 Å². The van der Waals surface area contributed by atoms with Gasteiger partial charge in [0.05, 0.1) is 0 Å². The predicted molar refractivity (Wildman–Crippen MR) is 77.7 cm³/mol. The standard InChI is InChI=1S/C16H17NO2/c1-10-5-4-6-13(16(10)19)9-17-14-7-11(2)12(3)8-15(14)18/h4-9,18-19H,1-3H3. The van der Waals surface area contributed by atoms with Gasteiger partial charge in [0.15, 0.2) is 0 Å². The molecule has 3 heteroatoms. The third kappa shape index (κ3) is 2.76. The third-order valence-electron chi connectivity index (χ3n) is 3.20. The number of aryl methyl sites for hydroxylation is 3. The monoisotopic (exact) mass is 255 g/mol. The quantitative estimate of drug-likeness (QED) is 0.802. The maximum absolute atomic E-state index is 9.89. The Morgan fingerprint density at radius 2 is 1.63 bits per heavy atom. The molecule has 0 aliphatic rings. The van der Waals surface area contributed by atoms with Crippen LogP contribution in [0.3, 0.4) is 0 Å². The number of benzene rings is 2. The maximum Gasteiger partial charge on any atom is 0.141 e. The van der Waals surface area contributed by atoms with E-state index in [0.717, 1.165) is 16.7 Å². The van der Waals surface area contributed by atoms with Gasteiger partial charge in [-0.15, -0.1) is 0 Å². The van der Waals surface area contributed by atoms with E-state index in [0.29, 0.717) is 11.3 Å². The van der Waals surface area contributed by atoms with Crippen molar-refractivity contribution in [2.24, 2.45) is 4.99 Å². The minimum Gasteiger partial charge on any atom is -0.507 e. The van der Waals surface area contributed by atoms with E-state index in [-0.39, 0.29) is 11.5 Å². The van der Waals surface area contributed by atoms with E-state index in [2.05, 4.69) is 4.99 Å². The summed E-state index contributed by atoms with van der Waals surface area (Å²) in [6, 6.07) is 8.99. The van der Waals surface area contributed by atoms with Crippen LogP contribution in [0.15, 0.2) is 35.3 Å². The lowest BCUT2D eigenvalue weighted by atomic mass is 10.1. The van der Waals surface area contributed by atoms with E-state index >= 15 is 0 Å². The van der Waals surface area contributed by atoms with Gasteiger partial charge in [0.1, 0.15) is 17.2 Å². The zero-order valence-electron chi connectivity index (χ0n) is 11.3. The minimum absolute atomic E-state index is 0.145. The maximum atomic E-state index is 9.89. The molecule has 0 unspecified atom stereocenters. The average molecular weight is 255 g/mol. The highest BCUT2D eigenvalue weighted by atomic mass is 16.3. The van der Waals surface area contributed by atoms with Gasteiger partial charge in [-0.1, -0.05) is 12.1 Å². The van der Waals surface area contributed by atoms with Crippen LogP contribution in [-0.4, -0.2) is 16.4 Å². The van der Waals surface area contributed by atoms with E-state index in [1.807, 2.05) is 39.0 Å². The summed E-state index contributed by atoms with van der Waals surface area (Å²) in [5.41, 5.74) is 4.03. The second-order valence-electron chi connectivity index (χ2n) is 4.70. The zero-order valence-corrected chi connectivity index (χ0v) is 11.3. The number of para-hydroxylation sites is 1. The van der Waals surface area contributed by atoms with E-state index in [1.165, 1.54) is 0 Å². The molecule has 98 valence electrons. The first-order valence-corrected chi connectivity index (χ1v) is 6.12. The molecule has 0 bridgehead atoms. The Labute approximate surface area is 112 Å². The fourth-order valence-electron chi connectivity index (χ4n) is 1.81. The van der Waals surface area contributed by atoms with Gasteiger partial charge in [-0.25, -0.2) is 0 Å². The van der Waals surface area contributed by atoms with Crippen molar-refractivity contribution < 1.29 is 10.2 Å². The lowest BCUT2D eigenvalue weighted by molar-refractivity contribution is 0.470. The lowest BCUT2D eigenvalue weighted by Crippen LogP contribution is -1.85. The second kappa shape index (κ2) is 5.14. The van der Waals surface area contributed by atoms with Crippen LogP contribution >= 0.6 is 0 Å². The molecule has 0 aliphatic carbocycles. The molecule has 3 nitrogen and oxygen atoms in total. The highest BCUT2D eigenvalue weighted by Crippen LogP contribution is 2.30. The first-order valence-electron chi connectivity index (χ1n) is 6.12. The van der Waals surface area contributed by atoms with E-state index in [1.54, 1.807) is 18.3 Å². The fraction of sp³-hybridized carbons (Fsp3) is 0.188. The zero-order chi connectivity index (χ0) is 14.0. The summed E-state index contributed by atoms with van der Waals surface area (Å²) >= 11 is 0. The number of hydrogen-bond donors (Lipinski definition) is 2. The topological polar surface area (TPSA) is 52.8 Å². The molecule has 0 heterocycles. The van der Waals surface area contributed by atoms with E-state index < -0.39 is 0 Å². The predicted octanol–water partition coefficient (Wildman–Crippen LogP) is 3.77. The van der Waals surface area contributed by atoms with Gasteiger partial charge in [0.2, 0.25) is 0 Å². The molecule has 0 saturated carbocycles. The van der Waals surface area contributed by atoms with Gasteiger partial charge in [-0.05, 0) is 55.7 Å². The molecule has 2 rings (SSSR count). The molecule has 0 aromatic heterocycles. The Bertz CT molecular complexity index is 645. The fourth-order valence-corrected chi connectivity index (χ4v) is 1.81. The van der Waals surface area contributed by atoms with Crippen LogP contribution in [0.2, 0.25) is 0 Å². The molecule has 0 spiro atoms. The van der Waals surface area contributed by atoms with E-state index in [9.17, 15) is 10.2 Å². The number of phenols is 2. The molecular formula is C16H17NO2. The summed E-state index contributed by atoms with van der Waals surface area (Å²) in [7, 11) is 0. The number of aliphatic imine (C=N–C) groups is 1. The second-order valence-corrected chi connectivity index (χ2v) is 4.70. The molecule has 0 atom stereocenters. The lowest BCUT2D eigenvalue weighted by Gasteiger charge is -2.05. The number of aromatic hydroxyl groups is 2. The van der Waals surface area contributed by atoms with Crippen molar-refractivity contribution in [1.29, 1.82) is 0 Å². The van der Waals surface area contributed by atoms with Crippen molar-refractivity contribution in [3.63, 3.8) is 0 Å². The molecular weight excluding hydrogens is 238 g/mol. The van der Waals surface area contributed by atoms with Crippen LogP contribution < -0.4 is 0 Å². The molecule has 0 radical (unpaired) electrons. The van der Waals surface area contributed by atoms with Crippen molar-refractivity contribution in [1.82, 2.24) is 0 Å². The summed E-state index contributed by atoms with van der Waals surface area (Å²) < 4.78 is 0. The molecule has 0 amide bonds. The van der Waals surface area contributed by atoms with Crippen LogP contribution in [0.4, 0.5) is 5.69 Å². The molecule has 2 aromatic rings. The largest absolute Gasteiger partial charge is 0.507 e. The Kier molecular flexibility index (Phi) is 3.56. The van der Waals surface area contributed by atoms with Crippen LogP contribution in [-0.2, 0) is 0 Å². The first kappa shape index (κ1) is 13.1. The summed E-state index contributed by atoms with van der Waals surface area (Å²) in [6.07, 6.45) is 1.56. The van der Waals surface area contributed by atoms with Gasteiger partial charge < -0.3 is 10.2 Å². The molecule has 19 heavy (non-hydrogen) atoms. The Hall–Kier alpha value is -2.29. The molecule has 0 aliphatic heterocycles. The SMILES string of the molecule is Cc1cc(O)c(N=Cc2cccc(C)c2O)cc1C. The number of rotatable bonds is 2. The average Bonchev–Trinajstić information content (AvgIpc) is 2.37. The molecule has 0 saturated heterocycles. The first-order chi connectivity index (χ1) is 8.99. The Morgan fingerprint density at radius 3 is 2.37 bits per heavy atom. The summed E-state index contributed by atoms with van der Waals surface area (Å²) in [5.74, 6) is 0.362. The van der Waals surface area contributed by atoms with Crippen molar-refractivity contribution in [2.45, 2.75) is 20.8 Å². The molecule has 0 fully saturated rings. The summed E-state index contributed by atoms with van der Waals surface area (Å²) in [5, 5.41) is 19.7. The van der Waals surface area contributed by atoms with Crippen molar-refractivity contribution >= 4 is 11.9 Å². The molecule has 2 N–H and O–H groups in total. The normalized spacial score (nSPS) is 11.1. The van der Waals surface area contributed by atoms with Crippen LogP contribution in [0.5, 0.6) is 11.5 Å². The van der Waals surface area contributed by atoms with Crippen molar-refractivity contribution in [2.75, 3.05) is 0 Å².